The molecule has 154 valence electrons. The van der Waals surface area contributed by atoms with Crippen molar-refractivity contribution in [2.24, 2.45) is 5.92 Å². The van der Waals surface area contributed by atoms with Gasteiger partial charge in [0.1, 0.15) is 11.6 Å². The average Bonchev–Trinajstić information content (AvgIpc) is 3.23. The highest BCUT2D eigenvalue weighted by Crippen LogP contribution is 2.22. The standard InChI is InChI=1S/C21H20ClN4O4/c1-29-12-4-11-25-20(27)16-5-2-3-6-17(16)26(21(25)28)13-18-23-19(24-30-18)14-7-9-15(22)10-8-14/h2-3,5-10,16H,4,11-13H2,1H3/q+1. The van der Waals surface area contributed by atoms with Gasteiger partial charge in [0.15, 0.2) is 6.54 Å². The first-order chi connectivity index (χ1) is 14.6. The highest BCUT2D eigenvalue weighted by Gasteiger charge is 2.46. The van der Waals surface area contributed by atoms with E-state index < -0.39 is 11.9 Å². The summed E-state index contributed by atoms with van der Waals surface area (Å²) in [7, 11) is 1.58. The molecule has 0 saturated heterocycles. The van der Waals surface area contributed by atoms with Crippen LogP contribution in [0, 0.1) is 5.92 Å². The van der Waals surface area contributed by atoms with Crippen molar-refractivity contribution in [2.75, 3.05) is 20.3 Å². The van der Waals surface area contributed by atoms with E-state index in [1.165, 1.54) is 9.48 Å². The minimum Gasteiger partial charge on any atom is -0.385 e. The molecule has 0 N–H and O–H groups in total. The molecule has 1 unspecified atom stereocenters. The first kappa shape index (κ1) is 20.2. The third kappa shape index (κ3) is 3.96. The van der Waals surface area contributed by atoms with Crippen molar-refractivity contribution >= 4 is 29.3 Å². The second-order valence-electron chi connectivity index (χ2n) is 6.87. The van der Waals surface area contributed by atoms with Gasteiger partial charge in [-0.1, -0.05) is 35.0 Å². The van der Waals surface area contributed by atoms with Gasteiger partial charge in [0.05, 0.1) is 6.54 Å². The number of carbonyl (C=O) groups excluding carboxylic acids is 2. The maximum Gasteiger partial charge on any atom is 0.501 e. The fraction of sp³-hybridized carbons (Fsp3) is 0.286. The first-order valence-electron chi connectivity index (χ1n) is 9.50. The molecule has 0 bridgehead atoms. The largest absolute Gasteiger partial charge is 0.501 e. The van der Waals surface area contributed by atoms with Crippen LogP contribution in [0.25, 0.3) is 11.4 Å². The molecule has 1 atom stereocenters. The van der Waals surface area contributed by atoms with Crippen molar-refractivity contribution in [1.82, 2.24) is 15.0 Å². The number of ether oxygens (including phenoxy) is 1. The Labute approximate surface area is 178 Å². The minimum absolute atomic E-state index is 0.0670. The van der Waals surface area contributed by atoms with E-state index in [4.69, 9.17) is 20.9 Å². The second-order valence-corrected chi connectivity index (χ2v) is 7.31. The van der Waals surface area contributed by atoms with E-state index in [2.05, 4.69) is 10.1 Å². The first-order valence-corrected chi connectivity index (χ1v) is 9.88. The van der Waals surface area contributed by atoms with Crippen LogP contribution < -0.4 is 0 Å². The lowest BCUT2D eigenvalue weighted by Gasteiger charge is -2.26. The number of halogens is 1. The molecule has 2 aromatic rings. The lowest BCUT2D eigenvalue weighted by Crippen LogP contribution is -2.54. The number of urea groups is 1. The Morgan fingerprint density at radius 1 is 1.23 bits per heavy atom. The van der Waals surface area contributed by atoms with Gasteiger partial charge in [-0.15, -0.1) is 0 Å². The summed E-state index contributed by atoms with van der Waals surface area (Å²) in [5, 5.41) is 4.61. The number of amides is 3. The number of rotatable bonds is 7. The Hall–Kier alpha value is -3.10. The molecular formula is C21H20ClN4O4+. The zero-order valence-corrected chi connectivity index (χ0v) is 17.1. The molecule has 1 aromatic heterocycles. The van der Waals surface area contributed by atoms with Crippen LogP contribution in [0.15, 0.2) is 53.1 Å². The number of fused-ring (bicyclic) bond motifs is 1. The highest BCUT2D eigenvalue weighted by atomic mass is 35.5. The topological polar surface area (TPSA) is 88.5 Å². The number of hydrogen-bond acceptors (Lipinski definition) is 6. The van der Waals surface area contributed by atoms with Gasteiger partial charge in [-0.2, -0.15) is 19.3 Å². The monoisotopic (exact) mass is 427 g/mol. The van der Waals surface area contributed by atoms with Crippen molar-refractivity contribution in [3.63, 3.8) is 0 Å². The summed E-state index contributed by atoms with van der Waals surface area (Å²) in [5.74, 6) is -0.0854. The van der Waals surface area contributed by atoms with E-state index in [1.54, 1.807) is 55.7 Å². The van der Waals surface area contributed by atoms with Gasteiger partial charge in [0.2, 0.25) is 5.82 Å². The molecule has 2 heterocycles. The van der Waals surface area contributed by atoms with E-state index in [0.717, 1.165) is 5.56 Å². The molecule has 2 aliphatic rings. The van der Waals surface area contributed by atoms with Crippen molar-refractivity contribution in [1.29, 1.82) is 0 Å². The van der Waals surface area contributed by atoms with E-state index in [0.29, 0.717) is 29.6 Å². The van der Waals surface area contributed by atoms with Crippen LogP contribution in [0.3, 0.4) is 0 Å². The average molecular weight is 428 g/mol. The van der Waals surface area contributed by atoms with Crippen LogP contribution in [-0.4, -0.2) is 57.5 Å². The lowest BCUT2D eigenvalue weighted by molar-refractivity contribution is -0.460. The molecule has 3 amide bonds. The van der Waals surface area contributed by atoms with Gasteiger partial charge in [-0.25, -0.2) is 4.79 Å². The van der Waals surface area contributed by atoms with E-state index in [9.17, 15) is 9.59 Å². The molecule has 0 spiro atoms. The fourth-order valence-electron chi connectivity index (χ4n) is 3.42. The van der Waals surface area contributed by atoms with Gasteiger partial charge in [-0.05, 0) is 30.3 Å². The number of allylic oxidation sites excluding steroid dienone is 3. The summed E-state index contributed by atoms with van der Waals surface area (Å²) >= 11 is 5.92. The molecule has 1 aliphatic carbocycles. The van der Waals surface area contributed by atoms with Crippen molar-refractivity contribution in [2.45, 2.75) is 13.0 Å². The Kier molecular flexibility index (Phi) is 5.87. The third-order valence-electron chi connectivity index (χ3n) is 4.90. The predicted molar refractivity (Wildman–Crippen MR) is 109 cm³/mol. The predicted octanol–water partition coefficient (Wildman–Crippen LogP) is 3.08. The van der Waals surface area contributed by atoms with E-state index in [-0.39, 0.29) is 24.9 Å². The number of aromatic nitrogens is 2. The van der Waals surface area contributed by atoms with Crippen molar-refractivity contribution < 1.29 is 23.4 Å². The normalized spacial score (nSPS) is 18.3. The van der Waals surface area contributed by atoms with Crippen molar-refractivity contribution in [3.05, 3.63) is 59.5 Å². The van der Waals surface area contributed by atoms with Gasteiger partial charge < -0.3 is 9.26 Å². The van der Waals surface area contributed by atoms with E-state index in [1.807, 2.05) is 0 Å². The molecule has 0 fully saturated rings. The highest BCUT2D eigenvalue weighted by molar-refractivity contribution is 6.30. The van der Waals surface area contributed by atoms with Crippen molar-refractivity contribution in [3.8, 4) is 11.4 Å². The van der Waals surface area contributed by atoms with Crippen LogP contribution in [0.4, 0.5) is 4.79 Å². The minimum atomic E-state index is -0.520. The summed E-state index contributed by atoms with van der Waals surface area (Å²) in [5.41, 5.74) is 1.35. The molecule has 4 rings (SSSR count). The fourth-order valence-corrected chi connectivity index (χ4v) is 3.54. The summed E-state index contributed by atoms with van der Waals surface area (Å²) in [4.78, 5) is 31.6. The molecule has 9 heteroatoms. The van der Waals surface area contributed by atoms with Crippen LogP contribution in [0.5, 0.6) is 0 Å². The number of nitrogens with zero attached hydrogens (tertiary/aromatic N) is 4. The summed E-state index contributed by atoms with van der Waals surface area (Å²) in [6, 6.07) is 6.65. The number of hydrogen-bond donors (Lipinski definition) is 0. The maximum absolute atomic E-state index is 13.1. The SMILES string of the molecule is COCCCN1C(=O)C2C=CC=CC2=[N+](Cc2nc(-c3ccc(Cl)cc3)no2)C1=O. The van der Waals surface area contributed by atoms with Crippen LogP contribution >= 0.6 is 11.6 Å². The van der Waals surface area contributed by atoms with Crippen LogP contribution in [0.2, 0.25) is 5.02 Å². The van der Waals surface area contributed by atoms with Gasteiger partial charge in [0, 0.05) is 30.7 Å². The quantitative estimate of drug-likeness (QED) is 0.498. The number of benzene rings is 1. The number of methoxy groups -OCH3 is 1. The van der Waals surface area contributed by atoms with Gasteiger partial charge in [0.25, 0.3) is 5.89 Å². The summed E-state index contributed by atoms with van der Waals surface area (Å²) < 4.78 is 11.9. The number of carbonyl (C=O) groups is 2. The molecule has 30 heavy (non-hydrogen) atoms. The molecule has 1 aromatic carbocycles. The summed E-state index contributed by atoms with van der Waals surface area (Å²) in [6.45, 7) is 0.808. The maximum atomic E-state index is 13.1. The summed E-state index contributed by atoms with van der Waals surface area (Å²) in [6.07, 6.45) is 7.72. The molecular weight excluding hydrogens is 408 g/mol. The Bertz CT molecular complexity index is 1060. The van der Waals surface area contributed by atoms with E-state index >= 15 is 0 Å². The van der Waals surface area contributed by atoms with Gasteiger partial charge >= 0.3 is 11.9 Å². The number of imide groups is 1. The Morgan fingerprint density at radius 3 is 2.80 bits per heavy atom. The van der Waals surface area contributed by atoms with Crippen LogP contribution in [-0.2, 0) is 16.1 Å². The molecule has 8 nitrogen and oxygen atoms in total. The van der Waals surface area contributed by atoms with Crippen LogP contribution in [0.1, 0.15) is 12.3 Å². The Morgan fingerprint density at radius 2 is 2.03 bits per heavy atom. The zero-order chi connectivity index (χ0) is 21.1. The molecule has 1 aliphatic heterocycles. The third-order valence-corrected chi connectivity index (χ3v) is 5.15. The smallest absolute Gasteiger partial charge is 0.385 e. The van der Waals surface area contributed by atoms with Gasteiger partial charge in [-0.3, -0.25) is 0 Å². The zero-order valence-electron chi connectivity index (χ0n) is 16.3. The second kappa shape index (κ2) is 8.73. The molecule has 0 saturated carbocycles. The lowest BCUT2D eigenvalue weighted by atomic mass is 9.94. The molecule has 0 radical (unpaired) electrons. The Balaban J connectivity index is 1.62.